The molecule has 0 amide bonds. The first-order chi connectivity index (χ1) is 10.1. The molecule has 0 atom stereocenters. The summed E-state index contributed by atoms with van der Waals surface area (Å²) in [6.45, 7) is 5.17. The summed E-state index contributed by atoms with van der Waals surface area (Å²) >= 11 is 1.85. The van der Waals surface area contributed by atoms with E-state index in [1.54, 1.807) is 6.33 Å². The summed E-state index contributed by atoms with van der Waals surface area (Å²) in [6, 6.07) is 10.5. The highest BCUT2D eigenvalue weighted by atomic mass is 32.1. The Balaban J connectivity index is 1.78. The van der Waals surface area contributed by atoms with Gasteiger partial charge in [0.2, 0.25) is 0 Å². The third-order valence-electron chi connectivity index (χ3n) is 3.46. The highest BCUT2D eigenvalue weighted by molar-refractivity contribution is 7.12. The predicted octanol–water partition coefficient (Wildman–Crippen LogP) is 3.77. The van der Waals surface area contributed by atoms with Crippen LogP contribution in [-0.2, 0) is 13.6 Å². The van der Waals surface area contributed by atoms with Crippen LogP contribution in [0.5, 0.6) is 0 Å². The normalized spacial score (nSPS) is 10.8. The summed E-state index contributed by atoms with van der Waals surface area (Å²) in [5.74, 6) is 0.876. The van der Waals surface area contributed by atoms with Crippen LogP contribution in [0.1, 0.15) is 15.3 Å². The first kappa shape index (κ1) is 13.8. The summed E-state index contributed by atoms with van der Waals surface area (Å²) in [4.78, 5) is 2.74. The molecule has 0 aliphatic carbocycles. The van der Waals surface area contributed by atoms with Crippen LogP contribution in [0.2, 0.25) is 0 Å². The quantitative estimate of drug-likeness (QED) is 0.797. The molecule has 1 N–H and O–H groups in total. The molecule has 0 spiro atoms. The van der Waals surface area contributed by atoms with Crippen LogP contribution in [0.25, 0.3) is 11.4 Å². The largest absolute Gasteiger partial charge is 0.381 e. The molecule has 3 aromatic rings. The zero-order valence-electron chi connectivity index (χ0n) is 12.4. The van der Waals surface area contributed by atoms with Crippen molar-refractivity contribution in [1.29, 1.82) is 0 Å². The summed E-state index contributed by atoms with van der Waals surface area (Å²) in [7, 11) is 1.95. The Kier molecular flexibility index (Phi) is 3.75. The molecule has 0 radical (unpaired) electrons. The summed E-state index contributed by atoms with van der Waals surface area (Å²) in [6.07, 6.45) is 1.72. The first-order valence-corrected chi connectivity index (χ1v) is 7.69. The SMILES string of the molecule is Cc1cc(CNc2cccc(-c3nncn3C)c2)c(C)s1. The van der Waals surface area contributed by atoms with Gasteiger partial charge in [-0.25, -0.2) is 0 Å². The Morgan fingerprint density at radius 1 is 1.24 bits per heavy atom. The lowest BCUT2D eigenvalue weighted by Gasteiger charge is -2.08. The van der Waals surface area contributed by atoms with Crippen LogP contribution in [0.3, 0.4) is 0 Å². The van der Waals surface area contributed by atoms with Crippen molar-refractivity contribution < 1.29 is 0 Å². The molecule has 0 unspecified atom stereocenters. The van der Waals surface area contributed by atoms with Gasteiger partial charge in [-0.15, -0.1) is 21.5 Å². The van der Waals surface area contributed by atoms with Crippen LogP contribution >= 0.6 is 11.3 Å². The van der Waals surface area contributed by atoms with E-state index in [1.807, 2.05) is 29.0 Å². The molecule has 0 bridgehead atoms. The van der Waals surface area contributed by atoms with E-state index in [0.29, 0.717) is 0 Å². The van der Waals surface area contributed by atoms with E-state index >= 15 is 0 Å². The van der Waals surface area contributed by atoms with Crippen molar-refractivity contribution in [1.82, 2.24) is 14.8 Å². The van der Waals surface area contributed by atoms with Crippen LogP contribution in [0.15, 0.2) is 36.7 Å². The molecule has 0 aliphatic heterocycles. The van der Waals surface area contributed by atoms with Gasteiger partial charge in [-0.05, 0) is 37.6 Å². The maximum atomic E-state index is 4.15. The molecule has 0 fully saturated rings. The fraction of sp³-hybridized carbons (Fsp3) is 0.250. The lowest BCUT2D eigenvalue weighted by molar-refractivity contribution is 0.920. The van der Waals surface area contributed by atoms with E-state index in [4.69, 9.17) is 0 Å². The molecule has 108 valence electrons. The van der Waals surface area contributed by atoms with E-state index in [0.717, 1.165) is 23.6 Å². The maximum Gasteiger partial charge on any atom is 0.163 e. The van der Waals surface area contributed by atoms with Gasteiger partial charge in [0.1, 0.15) is 6.33 Å². The second kappa shape index (κ2) is 5.69. The average Bonchev–Trinajstić information content (AvgIpc) is 3.02. The van der Waals surface area contributed by atoms with E-state index in [-0.39, 0.29) is 0 Å². The Bertz CT molecular complexity index is 757. The maximum absolute atomic E-state index is 4.15. The van der Waals surface area contributed by atoms with Gasteiger partial charge in [-0.3, -0.25) is 0 Å². The zero-order valence-corrected chi connectivity index (χ0v) is 13.2. The van der Waals surface area contributed by atoms with Crippen molar-refractivity contribution in [3.63, 3.8) is 0 Å². The number of nitrogens with zero attached hydrogens (tertiary/aromatic N) is 3. The summed E-state index contributed by atoms with van der Waals surface area (Å²) in [5, 5.41) is 11.6. The van der Waals surface area contributed by atoms with Crippen LogP contribution in [0, 0.1) is 13.8 Å². The molecule has 3 rings (SSSR count). The standard InChI is InChI=1S/C16H18N4S/c1-11-7-14(12(2)21-11)9-17-15-6-4-5-13(8-15)16-19-18-10-20(16)3/h4-8,10,17H,9H2,1-3H3. The summed E-state index contributed by atoms with van der Waals surface area (Å²) < 4.78 is 1.92. The van der Waals surface area contributed by atoms with Crippen molar-refractivity contribution in [2.24, 2.45) is 7.05 Å². The van der Waals surface area contributed by atoms with Gasteiger partial charge in [0.25, 0.3) is 0 Å². The van der Waals surface area contributed by atoms with E-state index in [1.165, 1.54) is 15.3 Å². The molecule has 0 saturated carbocycles. The third-order valence-corrected chi connectivity index (χ3v) is 4.47. The number of rotatable bonds is 4. The second-order valence-electron chi connectivity index (χ2n) is 5.14. The number of anilines is 1. The van der Waals surface area contributed by atoms with Crippen molar-refractivity contribution >= 4 is 17.0 Å². The number of aryl methyl sites for hydroxylation is 3. The number of benzene rings is 1. The smallest absolute Gasteiger partial charge is 0.163 e. The third kappa shape index (κ3) is 2.97. The number of hydrogen-bond donors (Lipinski definition) is 1. The van der Waals surface area contributed by atoms with Crippen molar-refractivity contribution in [2.75, 3.05) is 5.32 Å². The van der Waals surface area contributed by atoms with Crippen LogP contribution in [-0.4, -0.2) is 14.8 Å². The molecule has 2 aromatic heterocycles. The number of aromatic nitrogens is 3. The van der Waals surface area contributed by atoms with Gasteiger partial charge >= 0.3 is 0 Å². The molecule has 21 heavy (non-hydrogen) atoms. The minimum atomic E-state index is 0.846. The molecule has 2 heterocycles. The predicted molar refractivity (Wildman–Crippen MR) is 87.6 cm³/mol. The van der Waals surface area contributed by atoms with Gasteiger partial charge in [-0.2, -0.15) is 0 Å². The Hall–Kier alpha value is -2.14. The lowest BCUT2D eigenvalue weighted by Crippen LogP contribution is -2.00. The Morgan fingerprint density at radius 3 is 2.76 bits per heavy atom. The van der Waals surface area contributed by atoms with E-state index < -0.39 is 0 Å². The fourth-order valence-electron chi connectivity index (χ4n) is 2.37. The Morgan fingerprint density at radius 2 is 2.10 bits per heavy atom. The van der Waals surface area contributed by atoms with Crippen molar-refractivity contribution in [3.05, 3.63) is 52.0 Å². The molecule has 5 heteroatoms. The molecule has 1 aromatic carbocycles. The second-order valence-corrected chi connectivity index (χ2v) is 6.60. The summed E-state index contributed by atoms with van der Waals surface area (Å²) in [5.41, 5.74) is 3.53. The zero-order chi connectivity index (χ0) is 14.8. The molecule has 0 aliphatic rings. The molecular weight excluding hydrogens is 280 g/mol. The Labute approximate surface area is 128 Å². The number of nitrogens with one attached hydrogen (secondary N) is 1. The van der Waals surface area contributed by atoms with Gasteiger partial charge < -0.3 is 9.88 Å². The van der Waals surface area contributed by atoms with E-state index in [9.17, 15) is 0 Å². The minimum Gasteiger partial charge on any atom is -0.381 e. The van der Waals surface area contributed by atoms with Crippen molar-refractivity contribution in [2.45, 2.75) is 20.4 Å². The van der Waals surface area contributed by atoms with Gasteiger partial charge in [0.05, 0.1) is 0 Å². The number of thiophene rings is 1. The lowest BCUT2D eigenvalue weighted by atomic mass is 10.1. The molecule has 0 saturated heterocycles. The van der Waals surface area contributed by atoms with Crippen LogP contribution in [0.4, 0.5) is 5.69 Å². The van der Waals surface area contributed by atoms with Gasteiger partial charge in [0, 0.05) is 34.6 Å². The topological polar surface area (TPSA) is 42.7 Å². The monoisotopic (exact) mass is 298 g/mol. The highest BCUT2D eigenvalue weighted by Crippen LogP contribution is 2.23. The van der Waals surface area contributed by atoms with E-state index in [2.05, 4.69) is 53.6 Å². The fourth-order valence-corrected chi connectivity index (χ4v) is 3.32. The average molecular weight is 298 g/mol. The van der Waals surface area contributed by atoms with Gasteiger partial charge in [-0.1, -0.05) is 12.1 Å². The minimum absolute atomic E-state index is 0.846. The molecule has 4 nitrogen and oxygen atoms in total. The highest BCUT2D eigenvalue weighted by Gasteiger charge is 2.06. The molecular formula is C16H18N4S. The van der Waals surface area contributed by atoms with Crippen LogP contribution < -0.4 is 5.32 Å². The number of hydrogen-bond acceptors (Lipinski definition) is 4. The first-order valence-electron chi connectivity index (χ1n) is 6.87. The van der Waals surface area contributed by atoms with Gasteiger partial charge in [0.15, 0.2) is 5.82 Å². The van der Waals surface area contributed by atoms with Crippen molar-refractivity contribution in [3.8, 4) is 11.4 Å².